The maximum atomic E-state index is 12.4. The maximum absolute atomic E-state index is 12.4. The normalized spacial score (nSPS) is 17.4. The van der Waals surface area contributed by atoms with Crippen molar-refractivity contribution in [2.45, 2.75) is 25.3 Å². The van der Waals surface area contributed by atoms with Gasteiger partial charge in [-0.3, -0.25) is 4.79 Å². The van der Waals surface area contributed by atoms with Crippen molar-refractivity contribution >= 4 is 79.6 Å². The van der Waals surface area contributed by atoms with E-state index in [1.165, 1.54) is 0 Å². The van der Waals surface area contributed by atoms with Gasteiger partial charge in [0.1, 0.15) is 5.54 Å². The van der Waals surface area contributed by atoms with Gasteiger partial charge in [-0.1, -0.05) is 0 Å². The Labute approximate surface area is 157 Å². The standard InChI is InChI=1S/C13H12I3NO3/c1-13(12(19)20,6-2-3-6)17-11(18)8-4-7(14)5-9(15)10(8)16/h4-6H,2-3H2,1H3,(H,17,18)(H,19,20). The van der Waals surface area contributed by atoms with E-state index < -0.39 is 11.5 Å². The second-order valence-electron chi connectivity index (χ2n) is 4.99. The molecule has 1 unspecified atom stereocenters. The van der Waals surface area contributed by atoms with Crippen molar-refractivity contribution in [2.75, 3.05) is 0 Å². The molecule has 7 heteroatoms. The minimum atomic E-state index is -1.17. The third-order valence-corrected chi connectivity index (χ3v) is 7.12. The topological polar surface area (TPSA) is 66.4 Å². The van der Waals surface area contributed by atoms with Gasteiger partial charge in [0.05, 0.1) is 5.56 Å². The van der Waals surface area contributed by atoms with Crippen LogP contribution in [0.15, 0.2) is 12.1 Å². The molecule has 0 spiro atoms. The molecular formula is C13H12I3NO3. The van der Waals surface area contributed by atoms with Crippen LogP contribution in [-0.2, 0) is 4.79 Å². The molecule has 1 amide bonds. The fourth-order valence-corrected chi connectivity index (χ4v) is 4.42. The van der Waals surface area contributed by atoms with Crippen LogP contribution >= 0.6 is 67.8 Å². The summed E-state index contributed by atoms with van der Waals surface area (Å²) in [6.07, 6.45) is 1.70. The minimum absolute atomic E-state index is 0.0310. The summed E-state index contributed by atoms with van der Waals surface area (Å²) in [6, 6.07) is 3.77. The van der Waals surface area contributed by atoms with Crippen molar-refractivity contribution in [2.24, 2.45) is 5.92 Å². The number of benzene rings is 1. The number of rotatable bonds is 4. The Bertz CT molecular complexity index is 586. The quantitative estimate of drug-likeness (QED) is 0.406. The van der Waals surface area contributed by atoms with Gasteiger partial charge in [0.25, 0.3) is 5.91 Å². The van der Waals surface area contributed by atoms with E-state index in [0.717, 1.165) is 23.6 Å². The number of aliphatic carboxylic acids is 1. The highest BCUT2D eigenvalue weighted by atomic mass is 127. The summed E-state index contributed by atoms with van der Waals surface area (Å²) in [5.74, 6) is -1.25. The lowest BCUT2D eigenvalue weighted by Crippen LogP contribution is -2.54. The number of carboxylic acid groups (broad SMARTS) is 1. The number of carbonyl (C=O) groups excluding carboxylic acids is 1. The Hall–Kier alpha value is 0.350. The van der Waals surface area contributed by atoms with Gasteiger partial charge < -0.3 is 10.4 Å². The van der Waals surface area contributed by atoms with Crippen LogP contribution in [0.4, 0.5) is 0 Å². The molecule has 1 aromatic carbocycles. The van der Waals surface area contributed by atoms with Crippen molar-refractivity contribution in [1.82, 2.24) is 5.32 Å². The van der Waals surface area contributed by atoms with Crippen LogP contribution in [0.2, 0.25) is 0 Å². The van der Waals surface area contributed by atoms with Gasteiger partial charge in [-0.05, 0) is 106 Å². The molecule has 1 aromatic rings. The summed E-state index contributed by atoms with van der Waals surface area (Å²) in [5.41, 5.74) is -0.637. The van der Waals surface area contributed by atoms with E-state index in [-0.39, 0.29) is 11.8 Å². The second-order valence-corrected chi connectivity index (χ2v) is 8.47. The molecule has 4 nitrogen and oxygen atoms in total. The maximum Gasteiger partial charge on any atom is 0.329 e. The molecule has 2 N–H and O–H groups in total. The zero-order chi connectivity index (χ0) is 15.1. The molecule has 1 atom stereocenters. The molecule has 1 aliphatic rings. The van der Waals surface area contributed by atoms with Crippen LogP contribution < -0.4 is 5.32 Å². The van der Waals surface area contributed by atoms with E-state index in [0.29, 0.717) is 5.56 Å². The van der Waals surface area contributed by atoms with E-state index in [9.17, 15) is 14.7 Å². The monoisotopic (exact) mass is 611 g/mol. The van der Waals surface area contributed by atoms with E-state index >= 15 is 0 Å². The lowest BCUT2D eigenvalue weighted by Gasteiger charge is -2.26. The van der Waals surface area contributed by atoms with Crippen molar-refractivity contribution in [3.63, 3.8) is 0 Å². The smallest absolute Gasteiger partial charge is 0.329 e. The average Bonchev–Trinajstić information content (AvgIpc) is 3.17. The molecule has 0 aromatic heterocycles. The molecular weight excluding hydrogens is 599 g/mol. The van der Waals surface area contributed by atoms with E-state index in [1.54, 1.807) is 13.0 Å². The van der Waals surface area contributed by atoms with Gasteiger partial charge in [-0.2, -0.15) is 0 Å². The highest BCUT2D eigenvalue weighted by Gasteiger charge is 2.48. The van der Waals surface area contributed by atoms with Crippen LogP contribution in [-0.4, -0.2) is 22.5 Å². The zero-order valence-electron chi connectivity index (χ0n) is 10.5. The Kier molecular flexibility index (Phi) is 5.20. The lowest BCUT2D eigenvalue weighted by atomic mass is 9.95. The lowest BCUT2D eigenvalue weighted by molar-refractivity contribution is -0.144. The second kappa shape index (κ2) is 6.23. The van der Waals surface area contributed by atoms with Gasteiger partial charge in [-0.25, -0.2) is 4.79 Å². The highest BCUT2D eigenvalue weighted by molar-refractivity contribution is 14.1. The van der Waals surface area contributed by atoms with Crippen LogP contribution in [0.5, 0.6) is 0 Å². The molecule has 0 saturated heterocycles. The van der Waals surface area contributed by atoms with Gasteiger partial charge in [0.2, 0.25) is 0 Å². The Morgan fingerprint density at radius 3 is 2.40 bits per heavy atom. The number of hydrogen-bond acceptors (Lipinski definition) is 2. The summed E-state index contributed by atoms with van der Waals surface area (Å²) >= 11 is 6.45. The Morgan fingerprint density at radius 2 is 1.90 bits per heavy atom. The fourth-order valence-electron chi connectivity index (χ4n) is 2.02. The van der Waals surface area contributed by atoms with Crippen molar-refractivity contribution in [1.29, 1.82) is 0 Å². The summed E-state index contributed by atoms with van der Waals surface area (Å²) in [6.45, 7) is 1.59. The molecule has 2 rings (SSSR count). The molecule has 108 valence electrons. The first-order valence-corrected chi connectivity index (χ1v) is 9.19. The predicted molar refractivity (Wildman–Crippen MR) is 101 cm³/mol. The van der Waals surface area contributed by atoms with Crippen LogP contribution in [0.3, 0.4) is 0 Å². The number of carbonyl (C=O) groups is 2. The summed E-state index contributed by atoms with van der Waals surface area (Å²) in [4.78, 5) is 23.9. The SMILES string of the molecule is CC(NC(=O)c1cc(I)cc(I)c1I)(C(=O)O)C1CC1. The van der Waals surface area contributed by atoms with E-state index in [2.05, 4.69) is 73.1 Å². The zero-order valence-corrected chi connectivity index (χ0v) is 17.0. The molecule has 0 bridgehead atoms. The first-order valence-electron chi connectivity index (χ1n) is 5.96. The van der Waals surface area contributed by atoms with E-state index in [4.69, 9.17) is 0 Å². The molecule has 1 aliphatic carbocycles. The Balaban J connectivity index is 2.30. The number of carboxylic acids is 1. The first-order chi connectivity index (χ1) is 9.25. The molecule has 0 aliphatic heterocycles. The molecule has 1 fully saturated rings. The van der Waals surface area contributed by atoms with Gasteiger partial charge >= 0.3 is 5.97 Å². The number of halogens is 3. The van der Waals surface area contributed by atoms with Gasteiger partial charge in [0.15, 0.2) is 0 Å². The minimum Gasteiger partial charge on any atom is -0.480 e. The van der Waals surface area contributed by atoms with Gasteiger partial charge in [-0.15, -0.1) is 0 Å². The average molecular weight is 611 g/mol. The summed E-state index contributed by atoms with van der Waals surface area (Å²) in [5, 5.41) is 12.1. The van der Waals surface area contributed by atoms with Crippen molar-refractivity contribution < 1.29 is 14.7 Å². The summed E-state index contributed by atoms with van der Waals surface area (Å²) in [7, 11) is 0. The predicted octanol–water partition coefficient (Wildman–Crippen LogP) is 3.48. The largest absolute Gasteiger partial charge is 0.480 e. The molecule has 20 heavy (non-hydrogen) atoms. The first kappa shape index (κ1) is 16.7. The fraction of sp³-hybridized carbons (Fsp3) is 0.385. The third kappa shape index (κ3) is 3.39. The molecule has 0 heterocycles. The number of nitrogens with one attached hydrogen (secondary N) is 1. The van der Waals surface area contributed by atoms with Crippen LogP contribution in [0.1, 0.15) is 30.1 Å². The summed E-state index contributed by atoms with van der Waals surface area (Å²) < 4.78 is 2.80. The van der Waals surface area contributed by atoms with Gasteiger partial charge in [0, 0.05) is 10.7 Å². The molecule has 1 saturated carbocycles. The van der Waals surface area contributed by atoms with Crippen LogP contribution in [0, 0.1) is 16.6 Å². The van der Waals surface area contributed by atoms with E-state index in [1.807, 2.05) is 6.07 Å². The van der Waals surface area contributed by atoms with Crippen molar-refractivity contribution in [3.05, 3.63) is 28.4 Å². The van der Waals surface area contributed by atoms with Crippen molar-refractivity contribution in [3.8, 4) is 0 Å². The highest BCUT2D eigenvalue weighted by Crippen LogP contribution is 2.40. The number of hydrogen-bond donors (Lipinski definition) is 2. The molecule has 0 radical (unpaired) electrons. The number of amides is 1. The Morgan fingerprint density at radius 1 is 1.30 bits per heavy atom. The third-order valence-electron chi connectivity index (χ3n) is 3.45. The van der Waals surface area contributed by atoms with Crippen LogP contribution in [0.25, 0.3) is 0 Å².